The van der Waals surface area contributed by atoms with Crippen LogP contribution >= 0.6 is 0 Å². The van der Waals surface area contributed by atoms with Crippen molar-refractivity contribution < 1.29 is 9.59 Å². The van der Waals surface area contributed by atoms with E-state index in [-0.39, 0.29) is 5.91 Å². The number of aryl methyl sites for hydroxylation is 2. The maximum Gasteiger partial charge on any atom is 0.251 e. The summed E-state index contributed by atoms with van der Waals surface area (Å²) in [4.78, 5) is 24.4. The number of fused-ring (bicyclic) bond motifs is 1. The first kappa shape index (κ1) is 17.7. The number of benzene rings is 3. The molecule has 132 valence electrons. The number of carbonyl (C=O) groups excluding carboxylic acids is 2. The highest BCUT2D eigenvalue weighted by molar-refractivity contribution is 6.00. The lowest BCUT2D eigenvalue weighted by atomic mass is 10.00. The van der Waals surface area contributed by atoms with Gasteiger partial charge in [0.2, 0.25) is 5.91 Å². The predicted octanol–water partition coefficient (Wildman–Crippen LogP) is 3.28. The van der Waals surface area contributed by atoms with Crippen LogP contribution in [0.5, 0.6) is 0 Å². The number of primary amides is 1. The molecule has 2 amide bonds. The van der Waals surface area contributed by atoms with Crippen LogP contribution < -0.4 is 11.1 Å². The smallest absolute Gasteiger partial charge is 0.251 e. The van der Waals surface area contributed by atoms with E-state index in [2.05, 4.69) is 5.32 Å². The number of amides is 2. The summed E-state index contributed by atoms with van der Waals surface area (Å²) in [5.41, 5.74) is 9.32. The van der Waals surface area contributed by atoms with E-state index < -0.39 is 11.9 Å². The summed E-state index contributed by atoms with van der Waals surface area (Å²) in [7, 11) is 0. The second kappa shape index (κ2) is 7.40. The Morgan fingerprint density at radius 3 is 2.35 bits per heavy atom. The first-order valence-corrected chi connectivity index (χ1v) is 8.59. The average Bonchev–Trinajstić information content (AvgIpc) is 2.63. The highest BCUT2D eigenvalue weighted by Crippen LogP contribution is 2.16. The number of rotatable bonds is 5. The minimum absolute atomic E-state index is 0.302. The van der Waals surface area contributed by atoms with Gasteiger partial charge in [0.1, 0.15) is 6.04 Å². The molecule has 0 aliphatic rings. The van der Waals surface area contributed by atoms with Gasteiger partial charge in [0, 0.05) is 12.0 Å². The molecule has 0 aliphatic heterocycles. The highest BCUT2D eigenvalue weighted by atomic mass is 16.2. The molecule has 26 heavy (non-hydrogen) atoms. The standard InChI is InChI=1S/C22H22N2O2/c1-14-7-8-16(11-15(14)2)12-20(21(23)25)24-22(26)19-10-9-17-5-3-4-6-18(17)13-19/h3-11,13,20H,12H2,1-2H3,(H2,23,25)(H,24,26)/t20-/m1/s1. The number of nitrogens with one attached hydrogen (secondary N) is 1. The Bertz CT molecular complexity index is 979. The van der Waals surface area contributed by atoms with E-state index >= 15 is 0 Å². The van der Waals surface area contributed by atoms with Crippen molar-refractivity contribution in [3.05, 3.63) is 82.9 Å². The summed E-state index contributed by atoms with van der Waals surface area (Å²) in [5, 5.41) is 4.80. The van der Waals surface area contributed by atoms with E-state index in [1.54, 1.807) is 6.07 Å². The maximum atomic E-state index is 12.6. The molecule has 0 saturated heterocycles. The predicted molar refractivity (Wildman–Crippen MR) is 104 cm³/mol. The second-order valence-corrected chi connectivity index (χ2v) is 6.61. The summed E-state index contributed by atoms with van der Waals surface area (Å²) < 4.78 is 0. The Labute approximate surface area is 153 Å². The van der Waals surface area contributed by atoms with Gasteiger partial charge in [-0.2, -0.15) is 0 Å². The van der Waals surface area contributed by atoms with Crippen molar-refractivity contribution in [2.45, 2.75) is 26.3 Å². The molecular weight excluding hydrogens is 324 g/mol. The Kier molecular flexibility index (Phi) is 5.03. The van der Waals surface area contributed by atoms with Crippen LogP contribution in [0.25, 0.3) is 10.8 Å². The number of carbonyl (C=O) groups is 2. The lowest BCUT2D eigenvalue weighted by Crippen LogP contribution is -2.45. The molecule has 4 heteroatoms. The molecule has 0 radical (unpaired) electrons. The van der Waals surface area contributed by atoms with Crippen molar-refractivity contribution in [1.29, 1.82) is 0 Å². The van der Waals surface area contributed by atoms with E-state index in [1.807, 2.05) is 68.4 Å². The fourth-order valence-electron chi connectivity index (χ4n) is 2.96. The quantitative estimate of drug-likeness (QED) is 0.744. The summed E-state index contributed by atoms with van der Waals surface area (Å²) in [6, 6.07) is 18.5. The van der Waals surface area contributed by atoms with Crippen LogP contribution in [-0.2, 0) is 11.2 Å². The van der Waals surface area contributed by atoms with Gasteiger partial charge in [-0.1, -0.05) is 48.5 Å². The fraction of sp³-hybridized carbons (Fsp3) is 0.182. The molecule has 4 nitrogen and oxygen atoms in total. The van der Waals surface area contributed by atoms with Crippen molar-refractivity contribution in [2.24, 2.45) is 5.73 Å². The average molecular weight is 346 g/mol. The topological polar surface area (TPSA) is 72.2 Å². The van der Waals surface area contributed by atoms with E-state index in [4.69, 9.17) is 5.73 Å². The largest absolute Gasteiger partial charge is 0.368 e. The zero-order valence-corrected chi connectivity index (χ0v) is 15.0. The van der Waals surface area contributed by atoms with Crippen LogP contribution in [-0.4, -0.2) is 17.9 Å². The van der Waals surface area contributed by atoms with Gasteiger partial charge in [-0.15, -0.1) is 0 Å². The van der Waals surface area contributed by atoms with Gasteiger partial charge in [-0.05, 0) is 53.4 Å². The monoisotopic (exact) mass is 346 g/mol. The molecule has 0 fully saturated rings. The Morgan fingerprint density at radius 2 is 1.65 bits per heavy atom. The van der Waals surface area contributed by atoms with E-state index in [0.29, 0.717) is 12.0 Å². The molecule has 1 atom stereocenters. The van der Waals surface area contributed by atoms with Crippen LogP contribution in [0.15, 0.2) is 60.7 Å². The van der Waals surface area contributed by atoms with Crippen molar-refractivity contribution in [3.8, 4) is 0 Å². The molecule has 0 aliphatic carbocycles. The van der Waals surface area contributed by atoms with Crippen LogP contribution in [0, 0.1) is 13.8 Å². The third-order valence-electron chi connectivity index (χ3n) is 4.67. The van der Waals surface area contributed by atoms with Gasteiger partial charge < -0.3 is 11.1 Å². The molecule has 0 heterocycles. The molecule has 0 unspecified atom stereocenters. The van der Waals surface area contributed by atoms with E-state index in [0.717, 1.165) is 21.9 Å². The van der Waals surface area contributed by atoms with Crippen molar-refractivity contribution >= 4 is 22.6 Å². The fourth-order valence-corrected chi connectivity index (χ4v) is 2.96. The van der Waals surface area contributed by atoms with Gasteiger partial charge in [0.15, 0.2) is 0 Å². The van der Waals surface area contributed by atoms with Crippen LogP contribution in [0.2, 0.25) is 0 Å². The summed E-state index contributed by atoms with van der Waals surface area (Å²) in [6.45, 7) is 4.05. The van der Waals surface area contributed by atoms with Crippen LogP contribution in [0.1, 0.15) is 27.0 Å². The van der Waals surface area contributed by atoms with Gasteiger partial charge >= 0.3 is 0 Å². The normalized spacial score (nSPS) is 11.9. The number of hydrogen-bond acceptors (Lipinski definition) is 2. The SMILES string of the molecule is Cc1ccc(C[C@@H](NC(=O)c2ccc3ccccc3c2)C(N)=O)cc1C. The summed E-state index contributed by atoms with van der Waals surface area (Å²) >= 11 is 0. The first-order valence-electron chi connectivity index (χ1n) is 8.59. The third kappa shape index (κ3) is 3.91. The molecule has 3 rings (SSSR count). The van der Waals surface area contributed by atoms with Gasteiger partial charge in [0.25, 0.3) is 5.91 Å². The maximum absolute atomic E-state index is 12.6. The zero-order chi connectivity index (χ0) is 18.7. The Balaban J connectivity index is 1.78. The van der Waals surface area contributed by atoms with Crippen molar-refractivity contribution in [2.75, 3.05) is 0 Å². The lowest BCUT2D eigenvalue weighted by molar-refractivity contribution is -0.119. The zero-order valence-electron chi connectivity index (χ0n) is 15.0. The molecule has 0 aromatic heterocycles. The van der Waals surface area contributed by atoms with E-state index in [9.17, 15) is 9.59 Å². The lowest BCUT2D eigenvalue weighted by Gasteiger charge is -2.16. The molecule has 3 aromatic carbocycles. The molecule has 0 spiro atoms. The molecule has 0 saturated carbocycles. The Morgan fingerprint density at radius 1 is 0.923 bits per heavy atom. The first-order chi connectivity index (χ1) is 12.4. The van der Waals surface area contributed by atoms with Crippen molar-refractivity contribution in [1.82, 2.24) is 5.32 Å². The third-order valence-corrected chi connectivity index (χ3v) is 4.67. The summed E-state index contributed by atoms with van der Waals surface area (Å²) in [6.07, 6.45) is 0.371. The van der Waals surface area contributed by atoms with Gasteiger partial charge in [0.05, 0.1) is 0 Å². The molecule has 3 aromatic rings. The molecule has 3 N–H and O–H groups in total. The van der Waals surface area contributed by atoms with Crippen LogP contribution in [0.3, 0.4) is 0 Å². The van der Waals surface area contributed by atoms with Gasteiger partial charge in [-0.25, -0.2) is 0 Å². The molecule has 0 bridgehead atoms. The second-order valence-electron chi connectivity index (χ2n) is 6.61. The summed E-state index contributed by atoms with van der Waals surface area (Å²) in [5.74, 6) is -0.847. The van der Waals surface area contributed by atoms with Crippen molar-refractivity contribution in [3.63, 3.8) is 0 Å². The van der Waals surface area contributed by atoms with E-state index in [1.165, 1.54) is 5.56 Å². The highest BCUT2D eigenvalue weighted by Gasteiger charge is 2.20. The van der Waals surface area contributed by atoms with Crippen LogP contribution in [0.4, 0.5) is 0 Å². The minimum atomic E-state index is -0.754. The number of nitrogens with two attached hydrogens (primary N) is 1. The van der Waals surface area contributed by atoms with Gasteiger partial charge in [-0.3, -0.25) is 9.59 Å². The molecular formula is C22H22N2O2. The number of hydrogen-bond donors (Lipinski definition) is 2. The minimum Gasteiger partial charge on any atom is -0.368 e. The Hall–Kier alpha value is -3.14.